The van der Waals surface area contributed by atoms with E-state index in [4.69, 9.17) is 0 Å². The normalized spacial score (nSPS) is 14.8. The van der Waals surface area contributed by atoms with Crippen molar-refractivity contribution in [2.75, 3.05) is 6.67 Å². The van der Waals surface area contributed by atoms with Gasteiger partial charge < -0.3 is 0 Å². The van der Waals surface area contributed by atoms with Crippen LogP contribution in [-0.4, -0.2) is 6.67 Å². The first-order chi connectivity index (χ1) is 8.26. The van der Waals surface area contributed by atoms with E-state index < -0.39 is 0 Å². The highest BCUT2D eigenvalue weighted by molar-refractivity contribution is 4.66. The van der Waals surface area contributed by atoms with E-state index in [9.17, 15) is 4.39 Å². The minimum atomic E-state index is -0.133. The van der Waals surface area contributed by atoms with Crippen molar-refractivity contribution >= 4 is 0 Å². The van der Waals surface area contributed by atoms with Crippen molar-refractivity contribution in [3.05, 3.63) is 0 Å². The van der Waals surface area contributed by atoms with Gasteiger partial charge in [-0.3, -0.25) is 4.39 Å². The summed E-state index contributed by atoms with van der Waals surface area (Å²) in [5.74, 6) is 0.909. The molecule has 0 rings (SSSR count). The average molecular weight is 244 g/mol. The minimum absolute atomic E-state index is 0.133. The van der Waals surface area contributed by atoms with E-state index in [0.717, 1.165) is 0 Å². The zero-order valence-electron chi connectivity index (χ0n) is 12.3. The van der Waals surface area contributed by atoms with Crippen LogP contribution in [0.25, 0.3) is 0 Å². The molecule has 0 bridgehead atoms. The Hall–Kier alpha value is -0.0700. The van der Waals surface area contributed by atoms with Gasteiger partial charge in [-0.25, -0.2) is 0 Å². The highest BCUT2D eigenvalue weighted by Gasteiger charge is 2.16. The Bertz CT molecular complexity index is 144. The van der Waals surface area contributed by atoms with Gasteiger partial charge in [0.1, 0.15) is 0 Å². The summed E-state index contributed by atoms with van der Waals surface area (Å²) in [4.78, 5) is 0. The lowest BCUT2D eigenvalue weighted by Gasteiger charge is -2.21. The van der Waals surface area contributed by atoms with Gasteiger partial charge >= 0.3 is 0 Å². The number of unbranched alkanes of at least 4 members (excludes halogenated alkanes) is 6. The van der Waals surface area contributed by atoms with E-state index in [1.807, 2.05) is 0 Å². The molecule has 0 aliphatic heterocycles. The molecule has 104 valence electrons. The fraction of sp³-hybridized carbons (Fsp3) is 1.00. The molecule has 0 aromatic rings. The third-order valence-corrected chi connectivity index (χ3v) is 3.91. The molecule has 0 aromatic carbocycles. The molecule has 0 aromatic heterocycles. The lowest BCUT2D eigenvalue weighted by molar-refractivity contribution is 0.243. The first-order valence-corrected chi connectivity index (χ1v) is 7.82. The van der Waals surface area contributed by atoms with Crippen molar-refractivity contribution < 1.29 is 4.39 Å². The fourth-order valence-corrected chi connectivity index (χ4v) is 2.51. The molecule has 0 spiro atoms. The molecule has 0 saturated heterocycles. The number of alkyl halides is 1. The predicted octanol–water partition coefficient (Wildman–Crippen LogP) is 6.15. The zero-order valence-corrected chi connectivity index (χ0v) is 12.3. The average Bonchev–Trinajstić information content (AvgIpc) is 2.35. The Morgan fingerprint density at radius 3 is 1.76 bits per heavy atom. The summed E-state index contributed by atoms with van der Waals surface area (Å²) in [5, 5.41) is 0. The van der Waals surface area contributed by atoms with Crippen LogP contribution < -0.4 is 0 Å². The molecule has 0 heterocycles. The summed E-state index contributed by atoms with van der Waals surface area (Å²) in [6.07, 6.45) is 13.0. The summed E-state index contributed by atoms with van der Waals surface area (Å²) in [5.41, 5.74) is 0. The van der Waals surface area contributed by atoms with Crippen LogP contribution in [-0.2, 0) is 0 Å². The second-order valence-corrected chi connectivity index (χ2v) is 5.59. The zero-order chi connectivity index (χ0) is 12.9. The molecule has 0 radical (unpaired) electrons. The molecule has 0 aliphatic carbocycles. The van der Waals surface area contributed by atoms with Crippen molar-refractivity contribution in [1.82, 2.24) is 0 Å². The Morgan fingerprint density at radius 1 is 0.765 bits per heavy atom. The summed E-state index contributed by atoms with van der Waals surface area (Å²) in [6, 6.07) is 0. The van der Waals surface area contributed by atoms with Gasteiger partial charge in [0.15, 0.2) is 0 Å². The highest BCUT2D eigenvalue weighted by atomic mass is 19.1. The second kappa shape index (κ2) is 12.4. The Kier molecular flexibility index (Phi) is 12.3. The Morgan fingerprint density at radius 2 is 1.24 bits per heavy atom. The van der Waals surface area contributed by atoms with Gasteiger partial charge in [-0.2, -0.15) is 0 Å². The molecule has 0 amide bonds. The van der Waals surface area contributed by atoms with Crippen molar-refractivity contribution in [3.8, 4) is 0 Å². The first-order valence-electron chi connectivity index (χ1n) is 7.82. The number of hydrogen-bond donors (Lipinski definition) is 0. The van der Waals surface area contributed by atoms with Gasteiger partial charge in [-0.15, -0.1) is 0 Å². The molecule has 1 heteroatoms. The molecule has 2 atom stereocenters. The molecule has 0 aliphatic rings. The van der Waals surface area contributed by atoms with Crippen LogP contribution in [0.4, 0.5) is 4.39 Å². The summed E-state index contributed by atoms with van der Waals surface area (Å²) in [6.45, 7) is 6.44. The predicted molar refractivity (Wildman–Crippen MR) is 76.1 cm³/mol. The van der Waals surface area contributed by atoms with Crippen LogP contribution in [0.2, 0.25) is 0 Å². The van der Waals surface area contributed by atoms with Gasteiger partial charge in [0.2, 0.25) is 0 Å². The van der Waals surface area contributed by atoms with Gasteiger partial charge in [-0.05, 0) is 11.8 Å². The van der Waals surface area contributed by atoms with Gasteiger partial charge in [0.05, 0.1) is 6.67 Å². The van der Waals surface area contributed by atoms with Crippen LogP contribution in [0.3, 0.4) is 0 Å². The van der Waals surface area contributed by atoms with Crippen molar-refractivity contribution in [1.29, 1.82) is 0 Å². The SMILES string of the molecule is CCCCCCCC(CCCCC)[C@H](C)CF. The summed E-state index contributed by atoms with van der Waals surface area (Å²) >= 11 is 0. The van der Waals surface area contributed by atoms with Gasteiger partial charge in [0, 0.05) is 0 Å². The maximum absolute atomic E-state index is 12.8. The van der Waals surface area contributed by atoms with Gasteiger partial charge in [-0.1, -0.05) is 85.0 Å². The van der Waals surface area contributed by atoms with Crippen molar-refractivity contribution in [3.63, 3.8) is 0 Å². The second-order valence-electron chi connectivity index (χ2n) is 5.59. The van der Waals surface area contributed by atoms with E-state index in [0.29, 0.717) is 5.92 Å². The van der Waals surface area contributed by atoms with E-state index in [1.165, 1.54) is 64.2 Å². The monoisotopic (exact) mass is 244 g/mol. The number of rotatable bonds is 12. The van der Waals surface area contributed by atoms with Crippen LogP contribution >= 0.6 is 0 Å². The molecule has 0 saturated carbocycles. The molecule has 1 unspecified atom stereocenters. The third-order valence-electron chi connectivity index (χ3n) is 3.91. The quantitative estimate of drug-likeness (QED) is 0.361. The lowest BCUT2D eigenvalue weighted by atomic mass is 9.85. The highest BCUT2D eigenvalue weighted by Crippen LogP contribution is 2.25. The molecular weight excluding hydrogens is 211 g/mol. The molecule has 0 fully saturated rings. The Balaban J connectivity index is 3.69. The molecule has 17 heavy (non-hydrogen) atoms. The maximum Gasteiger partial charge on any atom is 0.0922 e. The first kappa shape index (κ1) is 16.9. The number of halogens is 1. The topological polar surface area (TPSA) is 0 Å². The fourth-order valence-electron chi connectivity index (χ4n) is 2.51. The molecule has 0 nitrogen and oxygen atoms in total. The van der Waals surface area contributed by atoms with Gasteiger partial charge in [0.25, 0.3) is 0 Å². The largest absolute Gasteiger partial charge is 0.251 e. The summed E-state index contributed by atoms with van der Waals surface area (Å²) in [7, 11) is 0. The smallest absolute Gasteiger partial charge is 0.0922 e. The standard InChI is InChI=1S/C16H33F/c1-4-6-8-9-11-13-16(15(3)14-17)12-10-7-5-2/h15-16H,4-14H2,1-3H3/t15-,16?/m1/s1. The van der Waals surface area contributed by atoms with Crippen LogP contribution in [0.15, 0.2) is 0 Å². The van der Waals surface area contributed by atoms with Crippen molar-refractivity contribution in [2.24, 2.45) is 11.8 Å². The Labute approximate surface area is 108 Å². The van der Waals surface area contributed by atoms with Crippen LogP contribution in [0.1, 0.15) is 85.0 Å². The van der Waals surface area contributed by atoms with Crippen molar-refractivity contribution in [2.45, 2.75) is 85.0 Å². The maximum atomic E-state index is 12.8. The van der Waals surface area contributed by atoms with E-state index in [-0.39, 0.29) is 12.6 Å². The van der Waals surface area contributed by atoms with Crippen LogP contribution in [0, 0.1) is 11.8 Å². The molecular formula is C16H33F. The molecule has 0 N–H and O–H groups in total. The van der Waals surface area contributed by atoms with E-state index in [2.05, 4.69) is 20.8 Å². The summed E-state index contributed by atoms with van der Waals surface area (Å²) < 4.78 is 12.8. The van der Waals surface area contributed by atoms with E-state index >= 15 is 0 Å². The van der Waals surface area contributed by atoms with Crippen LogP contribution in [0.5, 0.6) is 0 Å². The third kappa shape index (κ3) is 9.62. The van der Waals surface area contributed by atoms with E-state index in [1.54, 1.807) is 0 Å². The number of hydrogen-bond acceptors (Lipinski definition) is 0. The minimum Gasteiger partial charge on any atom is -0.251 e. The lowest BCUT2D eigenvalue weighted by Crippen LogP contribution is -2.13.